The molecule has 0 amide bonds. The summed E-state index contributed by atoms with van der Waals surface area (Å²) in [6.45, 7) is 16.6. The van der Waals surface area contributed by atoms with E-state index < -0.39 is 0 Å². The highest BCUT2D eigenvalue weighted by molar-refractivity contribution is 5.11. The van der Waals surface area contributed by atoms with Gasteiger partial charge in [-0.3, -0.25) is 0 Å². The zero-order valence-electron chi connectivity index (χ0n) is 10.3. The molecule has 0 spiro atoms. The highest BCUT2D eigenvalue weighted by Crippen LogP contribution is 2.16. The van der Waals surface area contributed by atoms with Crippen molar-refractivity contribution >= 4 is 0 Å². The Morgan fingerprint density at radius 3 is 2.67 bits per heavy atom. The third-order valence-electron chi connectivity index (χ3n) is 2.70. The lowest BCUT2D eigenvalue weighted by molar-refractivity contribution is 0.212. The van der Waals surface area contributed by atoms with Crippen LogP contribution >= 0.6 is 0 Å². The number of nitrogens with one attached hydrogen (secondary N) is 1. The summed E-state index contributed by atoms with van der Waals surface area (Å²) in [6.07, 6.45) is 4.35. The van der Waals surface area contributed by atoms with E-state index in [1.807, 2.05) is 6.08 Å². The quantitative estimate of drug-likeness (QED) is 0.717. The summed E-state index contributed by atoms with van der Waals surface area (Å²) < 4.78 is 0. The molecule has 1 heterocycles. The van der Waals surface area contributed by atoms with Crippen LogP contribution in [0.2, 0.25) is 0 Å². The van der Waals surface area contributed by atoms with Crippen molar-refractivity contribution in [3.63, 3.8) is 0 Å². The molecule has 0 aliphatic carbocycles. The summed E-state index contributed by atoms with van der Waals surface area (Å²) in [5, 5.41) is 3.65. The van der Waals surface area contributed by atoms with E-state index in [0.717, 1.165) is 18.8 Å². The van der Waals surface area contributed by atoms with E-state index >= 15 is 0 Å². The molecule has 0 unspecified atom stereocenters. The normalized spacial score (nSPS) is 22.6. The molecule has 1 fully saturated rings. The van der Waals surface area contributed by atoms with E-state index in [0.29, 0.717) is 6.04 Å². The van der Waals surface area contributed by atoms with Gasteiger partial charge in [-0.15, -0.1) is 0 Å². The number of hydrogen-bond donors (Lipinski definition) is 1. The Kier molecular flexibility index (Phi) is 3.97. The van der Waals surface area contributed by atoms with Crippen molar-refractivity contribution < 1.29 is 0 Å². The summed E-state index contributed by atoms with van der Waals surface area (Å²) in [5.41, 5.74) is 1.25. The molecular weight excluding hydrogens is 184 g/mol. The van der Waals surface area contributed by atoms with E-state index in [9.17, 15) is 0 Å². The van der Waals surface area contributed by atoms with Crippen molar-refractivity contribution in [1.29, 1.82) is 0 Å². The molecule has 2 heteroatoms. The fourth-order valence-electron chi connectivity index (χ4n) is 2.10. The topological polar surface area (TPSA) is 15.3 Å². The lowest BCUT2D eigenvalue weighted by Crippen LogP contribution is -2.51. The summed E-state index contributed by atoms with van der Waals surface area (Å²) in [7, 11) is 0. The Hall–Kier alpha value is -0.760. The SMILES string of the molecule is C=CC(=C)N1CCC[C@@H](NC(C)(C)C)C1. The second-order valence-corrected chi connectivity index (χ2v) is 5.37. The molecule has 1 aliphatic rings. The van der Waals surface area contributed by atoms with Crippen LogP contribution in [-0.2, 0) is 0 Å². The van der Waals surface area contributed by atoms with E-state index in [1.54, 1.807) is 0 Å². The molecule has 1 atom stereocenters. The molecular formula is C13H24N2. The number of likely N-dealkylation sites (tertiary alicyclic amines) is 1. The van der Waals surface area contributed by atoms with Crippen LogP contribution < -0.4 is 5.32 Å². The van der Waals surface area contributed by atoms with Crippen molar-refractivity contribution in [2.24, 2.45) is 0 Å². The molecule has 0 aromatic carbocycles. The van der Waals surface area contributed by atoms with Gasteiger partial charge in [-0.1, -0.05) is 13.2 Å². The number of piperidine rings is 1. The van der Waals surface area contributed by atoms with Gasteiger partial charge in [-0.25, -0.2) is 0 Å². The van der Waals surface area contributed by atoms with Gasteiger partial charge in [0.2, 0.25) is 0 Å². The lowest BCUT2D eigenvalue weighted by Gasteiger charge is -2.38. The average Bonchev–Trinajstić information content (AvgIpc) is 2.14. The maximum atomic E-state index is 4.01. The molecule has 1 rings (SSSR count). The first-order valence-corrected chi connectivity index (χ1v) is 5.76. The molecule has 0 aromatic rings. The molecule has 1 N–H and O–H groups in total. The second-order valence-electron chi connectivity index (χ2n) is 5.37. The zero-order chi connectivity index (χ0) is 11.5. The molecule has 0 bridgehead atoms. The molecule has 0 aromatic heterocycles. The molecule has 0 saturated carbocycles. The molecule has 0 radical (unpaired) electrons. The summed E-state index contributed by atoms with van der Waals surface area (Å²) in [4.78, 5) is 2.32. The second kappa shape index (κ2) is 4.84. The van der Waals surface area contributed by atoms with E-state index in [4.69, 9.17) is 0 Å². The summed E-state index contributed by atoms with van der Waals surface area (Å²) in [5.74, 6) is 0. The van der Waals surface area contributed by atoms with Gasteiger partial charge < -0.3 is 10.2 Å². The molecule has 2 nitrogen and oxygen atoms in total. The zero-order valence-corrected chi connectivity index (χ0v) is 10.3. The first-order valence-electron chi connectivity index (χ1n) is 5.76. The van der Waals surface area contributed by atoms with E-state index in [-0.39, 0.29) is 5.54 Å². The standard InChI is InChI=1S/C13H24N2/c1-6-11(2)15-9-7-8-12(10-15)14-13(3,4)5/h6,12,14H,1-2,7-10H2,3-5H3/t12-/m1/s1. The van der Waals surface area contributed by atoms with Crippen LogP contribution in [0.15, 0.2) is 24.9 Å². The van der Waals surface area contributed by atoms with E-state index in [1.165, 1.54) is 12.8 Å². The molecule has 1 saturated heterocycles. The number of nitrogens with zero attached hydrogens (tertiary/aromatic N) is 1. The Labute approximate surface area is 94.0 Å². The molecule has 15 heavy (non-hydrogen) atoms. The van der Waals surface area contributed by atoms with Crippen LogP contribution in [-0.4, -0.2) is 29.6 Å². The fourth-order valence-corrected chi connectivity index (χ4v) is 2.10. The van der Waals surface area contributed by atoms with Crippen molar-refractivity contribution in [1.82, 2.24) is 10.2 Å². The third-order valence-corrected chi connectivity index (χ3v) is 2.70. The van der Waals surface area contributed by atoms with Crippen LogP contribution in [0.25, 0.3) is 0 Å². The highest BCUT2D eigenvalue weighted by atomic mass is 15.2. The Balaban J connectivity index is 2.49. The van der Waals surface area contributed by atoms with Gasteiger partial charge in [0.1, 0.15) is 0 Å². The van der Waals surface area contributed by atoms with Gasteiger partial charge in [0, 0.05) is 30.4 Å². The highest BCUT2D eigenvalue weighted by Gasteiger charge is 2.23. The molecule has 1 aliphatic heterocycles. The van der Waals surface area contributed by atoms with Crippen LogP contribution in [0, 0.1) is 0 Å². The maximum Gasteiger partial charge on any atom is 0.0332 e. The van der Waals surface area contributed by atoms with Gasteiger partial charge in [-0.2, -0.15) is 0 Å². The lowest BCUT2D eigenvalue weighted by atomic mass is 10.0. The number of rotatable bonds is 3. The van der Waals surface area contributed by atoms with Crippen LogP contribution in [0.3, 0.4) is 0 Å². The van der Waals surface area contributed by atoms with Gasteiger partial charge in [0.25, 0.3) is 0 Å². The first-order chi connectivity index (χ1) is 6.92. The summed E-state index contributed by atoms with van der Waals surface area (Å²) in [6, 6.07) is 0.579. The first kappa shape index (κ1) is 12.3. The van der Waals surface area contributed by atoms with Crippen molar-refractivity contribution in [2.45, 2.75) is 45.2 Å². The Morgan fingerprint density at radius 1 is 1.47 bits per heavy atom. The monoisotopic (exact) mass is 208 g/mol. The minimum absolute atomic E-state index is 0.198. The van der Waals surface area contributed by atoms with Crippen LogP contribution in [0.5, 0.6) is 0 Å². The number of allylic oxidation sites excluding steroid dienone is 1. The number of hydrogen-bond acceptors (Lipinski definition) is 2. The Bertz CT molecular complexity index is 237. The van der Waals surface area contributed by atoms with Crippen LogP contribution in [0.4, 0.5) is 0 Å². The van der Waals surface area contributed by atoms with E-state index in [2.05, 4.69) is 44.1 Å². The largest absolute Gasteiger partial charge is 0.370 e. The van der Waals surface area contributed by atoms with Gasteiger partial charge >= 0.3 is 0 Å². The average molecular weight is 208 g/mol. The van der Waals surface area contributed by atoms with Gasteiger partial charge in [0.15, 0.2) is 0 Å². The smallest absolute Gasteiger partial charge is 0.0332 e. The van der Waals surface area contributed by atoms with Crippen molar-refractivity contribution in [2.75, 3.05) is 13.1 Å². The predicted molar refractivity (Wildman–Crippen MR) is 66.8 cm³/mol. The minimum atomic E-state index is 0.198. The third kappa shape index (κ3) is 4.08. The van der Waals surface area contributed by atoms with Crippen molar-refractivity contribution in [3.8, 4) is 0 Å². The maximum absolute atomic E-state index is 4.01. The van der Waals surface area contributed by atoms with Crippen LogP contribution in [0.1, 0.15) is 33.6 Å². The Morgan fingerprint density at radius 2 is 2.13 bits per heavy atom. The fraction of sp³-hybridized carbons (Fsp3) is 0.692. The summed E-state index contributed by atoms with van der Waals surface area (Å²) >= 11 is 0. The predicted octanol–water partition coefficient (Wildman–Crippen LogP) is 2.54. The molecule has 86 valence electrons. The van der Waals surface area contributed by atoms with Gasteiger partial charge in [-0.05, 0) is 39.7 Å². The minimum Gasteiger partial charge on any atom is -0.370 e. The van der Waals surface area contributed by atoms with Crippen molar-refractivity contribution in [3.05, 3.63) is 24.9 Å². The van der Waals surface area contributed by atoms with Gasteiger partial charge in [0.05, 0.1) is 0 Å².